The van der Waals surface area contributed by atoms with Gasteiger partial charge in [-0.05, 0) is 68.8 Å². The monoisotopic (exact) mass is 438 g/mol. The SMILES string of the molecule is COc1ncccc1CN1CCC(/C=C/c2c(F)cccc2OCC2CCCCC2)CC1. The number of ether oxygens (including phenoxy) is 2. The molecule has 2 heterocycles. The summed E-state index contributed by atoms with van der Waals surface area (Å²) in [5, 5.41) is 0. The predicted molar refractivity (Wildman–Crippen MR) is 126 cm³/mol. The van der Waals surface area contributed by atoms with Crippen molar-refractivity contribution in [3.05, 3.63) is 59.5 Å². The van der Waals surface area contributed by atoms with Crippen LogP contribution in [0.2, 0.25) is 0 Å². The third-order valence-corrected chi connectivity index (χ3v) is 6.82. The van der Waals surface area contributed by atoms with Crippen molar-refractivity contribution >= 4 is 6.08 Å². The Labute approximate surface area is 191 Å². The first-order valence-electron chi connectivity index (χ1n) is 12.0. The summed E-state index contributed by atoms with van der Waals surface area (Å²) in [5.74, 6) is 2.23. The predicted octanol–water partition coefficient (Wildman–Crippen LogP) is 6.11. The molecule has 32 heavy (non-hydrogen) atoms. The summed E-state index contributed by atoms with van der Waals surface area (Å²) in [5.41, 5.74) is 1.71. The lowest BCUT2D eigenvalue weighted by Gasteiger charge is -2.30. The van der Waals surface area contributed by atoms with Gasteiger partial charge in [-0.1, -0.05) is 43.5 Å². The summed E-state index contributed by atoms with van der Waals surface area (Å²) in [6.45, 7) is 3.56. The summed E-state index contributed by atoms with van der Waals surface area (Å²) >= 11 is 0. The second-order valence-electron chi connectivity index (χ2n) is 9.11. The highest BCUT2D eigenvalue weighted by Crippen LogP contribution is 2.29. The Morgan fingerprint density at radius 3 is 2.66 bits per heavy atom. The molecule has 2 fully saturated rings. The molecule has 0 bridgehead atoms. The zero-order chi connectivity index (χ0) is 22.2. The third-order valence-electron chi connectivity index (χ3n) is 6.82. The van der Waals surface area contributed by atoms with Crippen molar-refractivity contribution in [3.8, 4) is 11.6 Å². The Hall–Kier alpha value is -2.40. The molecule has 2 aromatic rings. The number of rotatable bonds is 8. The quantitative estimate of drug-likeness (QED) is 0.498. The standard InChI is InChI=1S/C27H35FN2O2/c1-31-27-23(9-6-16-29-27)19-30-17-14-21(15-18-30)12-13-24-25(28)10-5-11-26(24)32-20-22-7-3-2-4-8-22/h5-6,9-13,16,21-22H,2-4,7-8,14-15,17-20H2,1H3/b13-12+. The Morgan fingerprint density at radius 1 is 1.06 bits per heavy atom. The lowest BCUT2D eigenvalue weighted by atomic mass is 9.90. The topological polar surface area (TPSA) is 34.6 Å². The van der Waals surface area contributed by atoms with Crippen molar-refractivity contribution in [2.45, 2.75) is 51.5 Å². The number of hydrogen-bond acceptors (Lipinski definition) is 4. The fourth-order valence-electron chi connectivity index (χ4n) is 4.87. The molecule has 0 amide bonds. The molecule has 5 heteroatoms. The van der Waals surface area contributed by atoms with Crippen molar-refractivity contribution in [3.63, 3.8) is 0 Å². The van der Waals surface area contributed by atoms with Crippen LogP contribution in [0.25, 0.3) is 6.08 Å². The highest BCUT2D eigenvalue weighted by atomic mass is 19.1. The normalized spacial score (nSPS) is 18.8. The first-order chi connectivity index (χ1) is 15.7. The van der Waals surface area contributed by atoms with Gasteiger partial charge in [0.05, 0.1) is 19.3 Å². The van der Waals surface area contributed by atoms with E-state index in [9.17, 15) is 4.39 Å². The van der Waals surface area contributed by atoms with Crippen LogP contribution in [-0.2, 0) is 6.54 Å². The number of halogens is 1. The van der Waals surface area contributed by atoms with Crippen molar-refractivity contribution in [2.75, 3.05) is 26.8 Å². The van der Waals surface area contributed by atoms with Crippen LogP contribution in [0.1, 0.15) is 56.1 Å². The van der Waals surface area contributed by atoms with Crippen LogP contribution in [0.5, 0.6) is 11.6 Å². The van der Waals surface area contributed by atoms with Crippen LogP contribution >= 0.6 is 0 Å². The van der Waals surface area contributed by atoms with Crippen molar-refractivity contribution < 1.29 is 13.9 Å². The maximum atomic E-state index is 14.6. The number of hydrogen-bond donors (Lipinski definition) is 0. The molecule has 172 valence electrons. The average molecular weight is 439 g/mol. The molecule has 1 aliphatic carbocycles. The largest absolute Gasteiger partial charge is 0.493 e. The maximum Gasteiger partial charge on any atom is 0.217 e. The molecular formula is C27H35FN2O2. The maximum absolute atomic E-state index is 14.6. The zero-order valence-electron chi connectivity index (χ0n) is 19.1. The summed E-state index contributed by atoms with van der Waals surface area (Å²) < 4.78 is 26.1. The fraction of sp³-hybridized carbons (Fsp3) is 0.519. The molecule has 4 nitrogen and oxygen atoms in total. The van der Waals surface area contributed by atoms with Crippen molar-refractivity contribution in [1.29, 1.82) is 0 Å². The Morgan fingerprint density at radius 2 is 1.88 bits per heavy atom. The molecule has 1 aliphatic heterocycles. The first-order valence-corrected chi connectivity index (χ1v) is 12.0. The number of methoxy groups -OCH3 is 1. The summed E-state index contributed by atoms with van der Waals surface area (Å²) in [6, 6.07) is 9.20. The molecule has 1 aromatic heterocycles. The summed E-state index contributed by atoms with van der Waals surface area (Å²) in [6.07, 6.45) is 14.4. The van der Waals surface area contributed by atoms with E-state index in [0.29, 0.717) is 35.6 Å². The minimum Gasteiger partial charge on any atom is -0.493 e. The van der Waals surface area contributed by atoms with E-state index in [-0.39, 0.29) is 5.82 Å². The minimum atomic E-state index is -0.205. The van der Waals surface area contributed by atoms with Crippen LogP contribution in [0, 0.1) is 17.7 Å². The van der Waals surface area contributed by atoms with Gasteiger partial charge in [0, 0.05) is 18.3 Å². The number of piperidine rings is 1. The second-order valence-corrected chi connectivity index (χ2v) is 9.11. The van der Waals surface area contributed by atoms with Gasteiger partial charge in [-0.2, -0.15) is 0 Å². The van der Waals surface area contributed by atoms with Gasteiger partial charge in [-0.3, -0.25) is 4.90 Å². The number of nitrogens with zero attached hydrogens (tertiary/aromatic N) is 2. The number of allylic oxidation sites excluding steroid dienone is 1. The van der Waals surface area contributed by atoms with Gasteiger partial charge in [-0.15, -0.1) is 0 Å². The van der Waals surface area contributed by atoms with Gasteiger partial charge in [-0.25, -0.2) is 9.37 Å². The Balaban J connectivity index is 1.32. The van der Waals surface area contributed by atoms with Gasteiger partial charge < -0.3 is 9.47 Å². The lowest BCUT2D eigenvalue weighted by Crippen LogP contribution is -2.32. The fourth-order valence-corrected chi connectivity index (χ4v) is 4.87. The van der Waals surface area contributed by atoms with E-state index >= 15 is 0 Å². The van der Waals surface area contributed by atoms with E-state index < -0.39 is 0 Å². The molecule has 0 unspecified atom stereocenters. The van der Waals surface area contributed by atoms with Gasteiger partial charge in [0.2, 0.25) is 5.88 Å². The molecular weight excluding hydrogens is 403 g/mol. The first kappa shape index (κ1) is 22.8. The van der Waals surface area contributed by atoms with Gasteiger partial charge in [0.15, 0.2) is 0 Å². The van der Waals surface area contributed by atoms with E-state index in [2.05, 4.69) is 22.0 Å². The highest BCUT2D eigenvalue weighted by Gasteiger charge is 2.20. The van der Waals surface area contributed by atoms with E-state index in [0.717, 1.165) is 38.0 Å². The van der Waals surface area contributed by atoms with Crippen molar-refractivity contribution in [2.24, 2.45) is 11.8 Å². The Kier molecular flexibility index (Phi) is 8.16. The van der Waals surface area contributed by atoms with Crippen LogP contribution in [-0.4, -0.2) is 36.7 Å². The van der Waals surface area contributed by atoms with Gasteiger partial charge in [0.1, 0.15) is 11.6 Å². The molecule has 0 N–H and O–H groups in total. The number of benzene rings is 1. The molecule has 0 radical (unpaired) electrons. The van der Waals surface area contributed by atoms with Crippen LogP contribution in [0.15, 0.2) is 42.6 Å². The lowest BCUT2D eigenvalue weighted by molar-refractivity contribution is 0.193. The minimum absolute atomic E-state index is 0.205. The molecule has 0 atom stereocenters. The van der Waals surface area contributed by atoms with E-state index in [1.165, 1.54) is 38.2 Å². The van der Waals surface area contributed by atoms with Crippen LogP contribution in [0.4, 0.5) is 4.39 Å². The molecule has 1 saturated carbocycles. The third kappa shape index (κ3) is 6.10. The number of likely N-dealkylation sites (tertiary alicyclic amines) is 1. The molecule has 1 saturated heterocycles. The van der Waals surface area contributed by atoms with Gasteiger partial charge in [0.25, 0.3) is 0 Å². The average Bonchev–Trinajstić information content (AvgIpc) is 2.84. The van der Waals surface area contributed by atoms with Crippen LogP contribution < -0.4 is 9.47 Å². The number of pyridine rings is 1. The van der Waals surface area contributed by atoms with Gasteiger partial charge >= 0.3 is 0 Å². The van der Waals surface area contributed by atoms with E-state index in [4.69, 9.17) is 9.47 Å². The molecule has 0 spiro atoms. The van der Waals surface area contributed by atoms with E-state index in [1.54, 1.807) is 19.4 Å². The summed E-state index contributed by atoms with van der Waals surface area (Å²) in [7, 11) is 1.67. The number of aromatic nitrogens is 1. The van der Waals surface area contributed by atoms with Crippen molar-refractivity contribution in [1.82, 2.24) is 9.88 Å². The molecule has 2 aliphatic rings. The van der Waals surface area contributed by atoms with Crippen LogP contribution in [0.3, 0.4) is 0 Å². The Bertz CT molecular complexity index is 887. The molecule has 1 aromatic carbocycles. The second kappa shape index (κ2) is 11.5. The zero-order valence-corrected chi connectivity index (χ0v) is 19.1. The smallest absolute Gasteiger partial charge is 0.217 e. The highest BCUT2D eigenvalue weighted by molar-refractivity contribution is 5.58. The van der Waals surface area contributed by atoms with E-state index in [1.807, 2.05) is 18.2 Å². The molecule has 4 rings (SSSR count). The summed E-state index contributed by atoms with van der Waals surface area (Å²) in [4.78, 5) is 6.73.